The van der Waals surface area contributed by atoms with Gasteiger partial charge in [0.15, 0.2) is 0 Å². The molecule has 0 radical (unpaired) electrons. The summed E-state index contributed by atoms with van der Waals surface area (Å²) in [6.45, 7) is 0. The summed E-state index contributed by atoms with van der Waals surface area (Å²) in [6.07, 6.45) is -4.76. The number of nitrogens with zero attached hydrogens (tertiary/aromatic N) is 3. The third kappa shape index (κ3) is 1.23. The van der Waals surface area contributed by atoms with E-state index in [4.69, 9.17) is 0 Å². The summed E-state index contributed by atoms with van der Waals surface area (Å²) in [5, 5.41) is 2.69. The van der Waals surface area contributed by atoms with Crippen molar-refractivity contribution in [3.05, 3.63) is 12.7 Å². The molecule has 12 heavy (non-hydrogen) atoms. The van der Waals surface area contributed by atoms with E-state index in [-0.39, 0.29) is 0 Å². The molecule has 0 saturated carbocycles. The van der Waals surface area contributed by atoms with Crippen molar-refractivity contribution < 1.29 is 22.0 Å². The topological polar surface area (TPSA) is 30.7 Å². The molecule has 0 spiro atoms. The van der Waals surface area contributed by atoms with E-state index in [0.29, 0.717) is 12.7 Å². The van der Waals surface area contributed by atoms with Gasteiger partial charge >= 0.3 is 12.2 Å². The molecule has 1 aromatic rings. The van der Waals surface area contributed by atoms with Crippen LogP contribution in [0.4, 0.5) is 22.0 Å². The van der Waals surface area contributed by atoms with Gasteiger partial charge < -0.3 is 0 Å². The van der Waals surface area contributed by atoms with Crippen LogP contribution >= 0.6 is 0 Å². The maximum Gasteiger partial charge on any atom is 0.477 e. The van der Waals surface area contributed by atoms with Crippen LogP contribution in [-0.4, -0.2) is 20.9 Å². The lowest BCUT2D eigenvalue weighted by Crippen LogP contribution is -2.39. The van der Waals surface area contributed by atoms with E-state index in [1.807, 2.05) is 0 Å². The quantitative estimate of drug-likeness (QED) is 0.622. The molecule has 0 N–H and O–H groups in total. The second-order valence-corrected chi connectivity index (χ2v) is 1.88. The highest BCUT2D eigenvalue weighted by Gasteiger charge is 2.60. The molecule has 1 heterocycles. The Bertz CT molecular complexity index is 250. The first-order valence-corrected chi connectivity index (χ1v) is 2.65. The summed E-state index contributed by atoms with van der Waals surface area (Å²) in [4.78, 5) is 2.97. The van der Waals surface area contributed by atoms with Gasteiger partial charge in [-0.15, -0.1) is 0 Å². The maximum absolute atomic E-state index is 12.2. The highest BCUT2D eigenvalue weighted by Crippen LogP contribution is 2.38. The Morgan fingerprint density at radius 1 is 1.08 bits per heavy atom. The first-order chi connectivity index (χ1) is 5.36. The molecule has 0 aromatic carbocycles. The summed E-state index contributed by atoms with van der Waals surface area (Å²) in [6, 6.07) is -5.00. The van der Waals surface area contributed by atoms with Crippen LogP contribution in [-0.2, 0) is 6.05 Å². The Kier molecular flexibility index (Phi) is 1.77. The molecular formula is C4H2F5N3. The monoisotopic (exact) mass is 187 g/mol. The summed E-state index contributed by atoms with van der Waals surface area (Å²) in [7, 11) is 0. The van der Waals surface area contributed by atoms with Gasteiger partial charge in [0.2, 0.25) is 0 Å². The van der Waals surface area contributed by atoms with Crippen molar-refractivity contribution in [1.82, 2.24) is 14.8 Å². The molecule has 8 heteroatoms. The van der Waals surface area contributed by atoms with Crippen molar-refractivity contribution in [3.8, 4) is 0 Å². The molecule has 3 nitrogen and oxygen atoms in total. The lowest BCUT2D eigenvalue weighted by molar-refractivity contribution is -0.328. The van der Waals surface area contributed by atoms with Crippen molar-refractivity contribution >= 4 is 0 Å². The lowest BCUT2D eigenvalue weighted by atomic mass is 10.5. The molecular weight excluding hydrogens is 185 g/mol. The molecule has 0 fully saturated rings. The van der Waals surface area contributed by atoms with Crippen molar-refractivity contribution in [2.75, 3.05) is 0 Å². The summed E-state index contributed by atoms with van der Waals surface area (Å²) in [5.74, 6) is 0. The van der Waals surface area contributed by atoms with E-state index in [9.17, 15) is 22.0 Å². The Morgan fingerprint density at radius 2 is 1.67 bits per heavy atom. The second kappa shape index (κ2) is 2.39. The average molecular weight is 187 g/mol. The number of rotatable bonds is 1. The van der Waals surface area contributed by atoms with Gasteiger partial charge in [-0.05, 0) is 0 Å². The molecule has 68 valence electrons. The molecule has 1 aromatic heterocycles. The fraction of sp³-hybridized carbons (Fsp3) is 0.500. The maximum atomic E-state index is 12.2. The van der Waals surface area contributed by atoms with Crippen LogP contribution in [0.15, 0.2) is 12.7 Å². The SMILES string of the molecule is FC(F)(F)C(F)(F)n1cncn1. The Hall–Kier alpha value is -1.21. The van der Waals surface area contributed by atoms with Crippen LogP contribution in [0.25, 0.3) is 0 Å². The number of halogens is 5. The second-order valence-electron chi connectivity index (χ2n) is 1.88. The summed E-state index contributed by atoms with van der Waals surface area (Å²) in [5.41, 5.74) is 0. The number of hydrogen-bond donors (Lipinski definition) is 0. The summed E-state index contributed by atoms with van der Waals surface area (Å²) >= 11 is 0. The van der Waals surface area contributed by atoms with E-state index in [1.54, 1.807) is 0 Å². The van der Waals surface area contributed by atoms with E-state index in [0.717, 1.165) is 0 Å². The van der Waals surface area contributed by atoms with Gasteiger partial charge in [0, 0.05) is 0 Å². The average Bonchev–Trinajstić information content (AvgIpc) is 2.34. The van der Waals surface area contributed by atoms with E-state index in [1.165, 1.54) is 0 Å². The van der Waals surface area contributed by atoms with Crippen molar-refractivity contribution in [2.45, 2.75) is 12.2 Å². The zero-order valence-corrected chi connectivity index (χ0v) is 5.39. The Morgan fingerprint density at radius 3 is 2.00 bits per heavy atom. The van der Waals surface area contributed by atoms with Crippen molar-refractivity contribution in [3.63, 3.8) is 0 Å². The summed E-state index contributed by atoms with van der Waals surface area (Å²) < 4.78 is 58.6. The number of hydrogen-bond acceptors (Lipinski definition) is 2. The van der Waals surface area contributed by atoms with Gasteiger partial charge in [0.1, 0.15) is 12.7 Å². The van der Waals surface area contributed by atoms with Crippen LogP contribution in [0.3, 0.4) is 0 Å². The smallest absolute Gasteiger partial charge is 0.223 e. The Labute approximate surface area is 62.8 Å². The molecule has 1 rings (SSSR count). The number of alkyl halides is 5. The standard InChI is InChI=1S/C4H2F5N3/c5-3(6,7)4(8,9)12-2-10-1-11-12/h1-2H. The van der Waals surface area contributed by atoms with Crippen LogP contribution in [0.5, 0.6) is 0 Å². The van der Waals surface area contributed by atoms with E-state index >= 15 is 0 Å². The minimum Gasteiger partial charge on any atom is -0.223 e. The first kappa shape index (κ1) is 8.88. The molecule has 0 aliphatic heterocycles. The lowest BCUT2D eigenvalue weighted by Gasteiger charge is -2.18. The normalized spacial score (nSPS) is 13.4. The molecule has 0 unspecified atom stereocenters. The van der Waals surface area contributed by atoms with Gasteiger partial charge in [-0.1, -0.05) is 0 Å². The van der Waals surface area contributed by atoms with Crippen LogP contribution < -0.4 is 0 Å². The van der Waals surface area contributed by atoms with E-state index < -0.39 is 16.9 Å². The van der Waals surface area contributed by atoms with Gasteiger partial charge in [-0.2, -0.15) is 31.7 Å². The first-order valence-electron chi connectivity index (χ1n) is 2.65. The zero-order chi connectivity index (χ0) is 9.41. The van der Waals surface area contributed by atoms with Crippen LogP contribution in [0.2, 0.25) is 0 Å². The minimum absolute atomic E-state index is 0.299. The zero-order valence-electron chi connectivity index (χ0n) is 5.39. The van der Waals surface area contributed by atoms with Crippen LogP contribution in [0.1, 0.15) is 0 Å². The molecule has 0 saturated heterocycles. The van der Waals surface area contributed by atoms with E-state index in [2.05, 4.69) is 10.1 Å². The molecule has 0 amide bonds. The fourth-order valence-corrected chi connectivity index (χ4v) is 0.483. The molecule has 0 atom stereocenters. The highest BCUT2D eigenvalue weighted by atomic mass is 19.4. The van der Waals surface area contributed by atoms with Crippen molar-refractivity contribution in [2.24, 2.45) is 0 Å². The predicted molar refractivity (Wildman–Crippen MR) is 26.3 cm³/mol. The molecule has 0 aliphatic carbocycles. The van der Waals surface area contributed by atoms with Crippen molar-refractivity contribution in [1.29, 1.82) is 0 Å². The third-order valence-corrected chi connectivity index (χ3v) is 1.05. The third-order valence-electron chi connectivity index (χ3n) is 1.05. The van der Waals surface area contributed by atoms with Crippen LogP contribution in [0, 0.1) is 0 Å². The fourth-order valence-electron chi connectivity index (χ4n) is 0.483. The van der Waals surface area contributed by atoms with Gasteiger partial charge in [-0.3, -0.25) is 0 Å². The molecule has 0 aliphatic rings. The Balaban J connectivity index is 3.02. The van der Waals surface area contributed by atoms with Gasteiger partial charge in [0.05, 0.1) is 0 Å². The van der Waals surface area contributed by atoms with Gasteiger partial charge in [-0.25, -0.2) is 4.98 Å². The largest absolute Gasteiger partial charge is 0.477 e. The number of aromatic nitrogens is 3. The van der Waals surface area contributed by atoms with Gasteiger partial charge in [0.25, 0.3) is 0 Å². The minimum atomic E-state index is -5.65. The highest BCUT2D eigenvalue weighted by molar-refractivity contribution is 4.73. The predicted octanol–water partition coefficient (Wildman–Crippen LogP) is 1.39. The molecule has 0 bridgehead atoms.